The summed E-state index contributed by atoms with van der Waals surface area (Å²) < 4.78 is 34.5. The van der Waals surface area contributed by atoms with Crippen LogP contribution < -0.4 is 5.32 Å². The standard InChI is InChI=1S/C93H157NO18/c1-3-5-7-9-11-13-15-17-19-21-23-25-27-29-31-32-33-34-35-36-37-38-39-40-41-42-43-44-45-47-49-51-53-55-57-59-61-63-65-67-69-71-81(99)94-76(77(98)70-68-66-64-62-60-58-56-54-52-50-48-46-30-28-26-24-22-20-18-16-14-12-10-8-6-4-2)75-107-91-87(105)84(102)89(79(73-96)109-91)112-93-88(106)85(103)90(80(74-97)110-93)111-92-86(104)83(101)82(100)78(72-95)108-92/h5,7,11,13,17,19,23,25,29,31,33-34,36-37,39-40,42-43,45,47,60,62,68,70,76-80,82-93,95-98,100-106H,3-4,6,8-10,12,14-16,18,20-22,24,26-28,30,32,35,38,41,44,46,48-59,61,63-67,69,71-75H2,1-2H3,(H,94,99)/b7-5-,13-11-,19-17-,25-23-,31-29-,34-33-,37-36-,40-39-,43-42-,47-45-,62-60+,70-68+. The molecule has 0 bridgehead atoms. The minimum atomic E-state index is -1.99. The van der Waals surface area contributed by atoms with E-state index in [-0.39, 0.29) is 18.9 Å². The topological polar surface area (TPSA) is 307 Å². The van der Waals surface area contributed by atoms with Gasteiger partial charge in [-0.15, -0.1) is 0 Å². The van der Waals surface area contributed by atoms with E-state index < -0.39 is 124 Å². The maximum atomic E-state index is 13.5. The van der Waals surface area contributed by atoms with E-state index in [1.165, 1.54) is 154 Å². The molecule has 12 N–H and O–H groups in total. The Bertz CT molecular complexity index is 2590. The van der Waals surface area contributed by atoms with Crippen LogP contribution in [0.25, 0.3) is 0 Å². The third-order valence-electron chi connectivity index (χ3n) is 20.9. The zero-order valence-electron chi connectivity index (χ0n) is 69.1. The number of carbonyl (C=O) groups excluding carboxylic acids is 1. The molecule has 112 heavy (non-hydrogen) atoms. The first kappa shape index (κ1) is 102. The quantitative estimate of drug-likeness (QED) is 0.0199. The lowest BCUT2D eigenvalue weighted by Crippen LogP contribution is -2.66. The number of hydrogen-bond donors (Lipinski definition) is 12. The average molecular weight is 1580 g/mol. The summed E-state index contributed by atoms with van der Waals surface area (Å²) in [5, 5.41) is 121. The zero-order chi connectivity index (χ0) is 81.0. The zero-order valence-corrected chi connectivity index (χ0v) is 69.1. The summed E-state index contributed by atoms with van der Waals surface area (Å²) in [5.74, 6) is -0.293. The van der Waals surface area contributed by atoms with Gasteiger partial charge in [0.2, 0.25) is 5.91 Å². The molecule has 0 radical (unpaired) electrons. The third-order valence-corrected chi connectivity index (χ3v) is 20.9. The number of aliphatic hydroxyl groups is 11. The molecule has 0 saturated carbocycles. The molecule has 3 saturated heterocycles. The molecule has 0 aromatic rings. The van der Waals surface area contributed by atoms with Gasteiger partial charge < -0.3 is 89.9 Å². The molecular weight excluding hydrogens is 1420 g/mol. The normalized spacial score (nSPS) is 25.7. The summed E-state index contributed by atoms with van der Waals surface area (Å²) in [5.41, 5.74) is 0. The molecule has 3 heterocycles. The highest BCUT2D eigenvalue weighted by Gasteiger charge is 2.54. The van der Waals surface area contributed by atoms with Crippen molar-refractivity contribution in [2.24, 2.45) is 0 Å². The number of nitrogens with one attached hydrogen (secondary N) is 1. The number of rotatable bonds is 69. The molecule has 642 valence electrons. The van der Waals surface area contributed by atoms with Crippen LogP contribution in [0.2, 0.25) is 0 Å². The van der Waals surface area contributed by atoms with Crippen molar-refractivity contribution in [3.05, 3.63) is 146 Å². The second-order valence-electron chi connectivity index (χ2n) is 30.6. The van der Waals surface area contributed by atoms with Crippen molar-refractivity contribution < 1.29 is 89.4 Å². The van der Waals surface area contributed by atoms with Gasteiger partial charge in [-0.25, -0.2) is 0 Å². The second kappa shape index (κ2) is 70.8. The molecule has 1 amide bonds. The number of amides is 1. The van der Waals surface area contributed by atoms with Crippen LogP contribution in [0.3, 0.4) is 0 Å². The van der Waals surface area contributed by atoms with E-state index in [1.54, 1.807) is 6.08 Å². The lowest BCUT2D eigenvalue weighted by molar-refractivity contribution is -0.379. The molecule has 17 atom stereocenters. The lowest BCUT2D eigenvalue weighted by Gasteiger charge is -2.48. The Hall–Kier alpha value is -4.33. The second-order valence-corrected chi connectivity index (χ2v) is 30.6. The Morgan fingerprint density at radius 1 is 0.330 bits per heavy atom. The van der Waals surface area contributed by atoms with E-state index in [1.807, 2.05) is 6.08 Å². The monoisotopic (exact) mass is 1580 g/mol. The van der Waals surface area contributed by atoms with Crippen LogP contribution in [-0.2, 0) is 33.2 Å². The fourth-order valence-electron chi connectivity index (χ4n) is 13.9. The summed E-state index contributed by atoms with van der Waals surface area (Å²) in [6.07, 6.45) is 76.9. The number of ether oxygens (including phenoxy) is 6. The highest BCUT2D eigenvalue weighted by atomic mass is 16.8. The summed E-state index contributed by atoms with van der Waals surface area (Å²) in [7, 11) is 0. The van der Waals surface area contributed by atoms with Gasteiger partial charge in [0.15, 0.2) is 18.9 Å². The van der Waals surface area contributed by atoms with Crippen LogP contribution in [-0.4, -0.2) is 193 Å². The molecule has 3 fully saturated rings. The molecule has 19 heteroatoms. The summed E-state index contributed by atoms with van der Waals surface area (Å²) in [6, 6.07) is -1.00. The number of allylic oxidation sites excluding steroid dienone is 23. The van der Waals surface area contributed by atoms with Crippen molar-refractivity contribution in [2.45, 2.75) is 407 Å². The lowest BCUT2D eigenvalue weighted by atomic mass is 9.96. The van der Waals surface area contributed by atoms with Crippen molar-refractivity contribution in [3.63, 3.8) is 0 Å². The van der Waals surface area contributed by atoms with Crippen molar-refractivity contribution >= 4 is 5.91 Å². The number of unbranched alkanes of at least 4 members (excludes halogenated alkanes) is 31. The largest absolute Gasteiger partial charge is 0.394 e. The SMILES string of the molecule is CC/C=C\C/C=C\C/C=C\C/C=C\C/C=C\C/C=C\C/C=C\C/C=C\C/C=C\C/C=C\CCCCCCCCCCCCC(=O)NC(COC1OC(CO)C(OC2OC(CO)C(OC3OC(CO)C(O)C(O)C3O)C(O)C2O)C(O)C1O)C(O)/C=C/CC/C=C/CCCCCCCCCCCCCCCCCCCCCC. The Morgan fingerprint density at radius 3 is 1.00 bits per heavy atom. The van der Waals surface area contributed by atoms with Gasteiger partial charge >= 0.3 is 0 Å². The van der Waals surface area contributed by atoms with Crippen LogP contribution in [0.1, 0.15) is 303 Å². The molecule has 0 aromatic heterocycles. The number of carbonyl (C=O) groups is 1. The van der Waals surface area contributed by atoms with E-state index in [2.05, 4.69) is 153 Å². The molecule has 3 rings (SSSR count). The van der Waals surface area contributed by atoms with Gasteiger partial charge in [-0.2, -0.15) is 0 Å². The Labute approximate surface area is 676 Å². The third kappa shape index (κ3) is 49.0. The average Bonchev–Trinajstić information content (AvgIpc) is 0.781. The predicted molar refractivity (Wildman–Crippen MR) is 452 cm³/mol. The van der Waals surface area contributed by atoms with E-state index in [0.717, 1.165) is 116 Å². The van der Waals surface area contributed by atoms with Crippen molar-refractivity contribution in [1.29, 1.82) is 0 Å². The molecule has 3 aliphatic heterocycles. The minimum absolute atomic E-state index is 0.222. The van der Waals surface area contributed by atoms with Gasteiger partial charge in [-0.3, -0.25) is 4.79 Å². The first-order valence-corrected chi connectivity index (χ1v) is 44.1. The summed E-state index contributed by atoms with van der Waals surface area (Å²) in [4.78, 5) is 13.5. The molecule has 0 aromatic carbocycles. The Balaban J connectivity index is 1.35. The first-order valence-electron chi connectivity index (χ1n) is 44.1. The van der Waals surface area contributed by atoms with Crippen LogP contribution in [0, 0.1) is 0 Å². The van der Waals surface area contributed by atoms with E-state index in [0.29, 0.717) is 12.8 Å². The van der Waals surface area contributed by atoms with Crippen molar-refractivity contribution in [1.82, 2.24) is 5.32 Å². The van der Waals surface area contributed by atoms with E-state index in [4.69, 9.17) is 28.4 Å². The maximum absolute atomic E-state index is 13.5. The Kier molecular flexibility index (Phi) is 64.4. The molecule has 0 aliphatic carbocycles. The maximum Gasteiger partial charge on any atom is 0.220 e. The van der Waals surface area contributed by atoms with Crippen molar-refractivity contribution in [3.8, 4) is 0 Å². The van der Waals surface area contributed by atoms with E-state index >= 15 is 0 Å². The summed E-state index contributed by atoms with van der Waals surface area (Å²) in [6.45, 7) is 1.62. The van der Waals surface area contributed by atoms with Gasteiger partial charge in [0.1, 0.15) is 73.2 Å². The smallest absolute Gasteiger partial charge is 0.220 e. The highest BCUT2D eigenvalue weighted by Crippen LogP contribution is 2.33. The van der Waals surface area contributed by atoms with Gasteiger partial charge in [0.25, 0.3) is 0 Å². The molecule has 17 unspecified atom stereocenters. The van der Waals surface area contributed by atoms with Gasteiger partial charge in [0, 0.05) is 6.42 Å². The van der Waals surface area contributed by atoms with Crippen LogP contribution in [0.15, 0.2) is 146 Å². The van der Waals surface area contributed by atoms with Gasteiger partial charge in [-0.05, 0) is 109 Å². The van der Waals surface area contributed by atoms with E-state index in [9.17, 15) is 61.0 Å². The fraction of sp³-hybridized carbons (Fsp3) is 0.731. The molecule has 0 spiro atoms. The molecule has 19 nitrogen and oxygen atoms in total. The van der Waals surface area contributed by atoms with Gasteiger partial charge in [0.05, 0.1) is 38.6 Å². The van der Waals surface area contributed by atoms with Crippen LogP contribution >= 0.6 is 0 Å². The number of hydrogen-bond acceptors (Lipinski definition) is 18. The first-order chi connectivity index (χ1) is 54.8. The predicted octanol–water partition coefficient (Wildman–Crippen LogP) is 16.6. The van der Waals surface area contributed by atoms with Crippen LogP contribution in [0.4, 0.5) is 0 Å². The fourth-order valence-corrected chi connectivity index (χ4v) is 13.9. The van der Waals surface area contributed by atoms with Gasteiger partial charge in [-0.1, -0.05) is 333 Å². The summed E-state index contributed by atoms with van der Waals surface area (Å²) >= 11 is 0. The van der Waals surface area contributed by atoms with Crippen molar-refractivity contribution in [2.75, 3.05) is 26.4 Å². The highest BCUT2D eigenvalue weighted by molar-refractivity contribution is 5.76. The number of aliphatic hydroxyl groups excluding tert-OH is 11. The Morgan fingerprint density at radius 2 is 0.625 bits per heavy atom. The minimum Gasteiger partial charge on any atom is -0.394 e. The van der Waals surface area contributed by atoms with Crippen LogP contribution in [0.5, 0.6) is 0 Å². The molecule has 3 aliphatic rings. The molecular formula is C93H157NO18.